The summed E-state index contributed by atoms with van der Waals surface area (Å²) in [7, 11) is 0. The van der Waals surface area contributed by atoms with Crippen LogP contribution in [0.25, 0.3) is 0 Å². The fourth-order valence-electron chi connectivity index (χ4n) is 3.11. The van der Waals surface area contributed by atoms with E-state index >= 15 is 0 Å². The quantitative estimate of drug-likeness (QED) is 0.769. The molecular formula is C14H28N2O. The Morgan fingerprint density at radius 2 is 2.12 bits per heavy atom. The van der Waals surface area contributed by atoms with Crippen molar-refractivity contribution in [3.63, 3.8) is 0 Å². The minimum Gasteiger partial charge on any atom is -0.374 e. The Morgan fingerprint density at radius 1 is 1.24 bits per heavy atom. The first kappa shape index (κ1) is 13.3. The predicted molar refractivity (Wildman–Crippen MR) is 71.3 cm³/mol. The van der Waals surface area contributed by atoms with Gasteiger partial charge in [-0.1, -0.05) is 6.92 Å². The van der Waals surface area contributed by atoms with Crippen LogP contribution < -0.4 is 5.32 Å². The molecule has 2 saturated heterocycles. The summed E-state index contributed by atoms with van der Waals surface area (Å²) in [5, 5.41) is 3.60. The minimum atomic E-state index is 0.480. The second-order valence-electron chi connectivity index (χ2n) is 5.70. The van der Waals surface area contributed by atoms with Crippen LogP contribution in [0, 0.1) is 0 Å². The summed E-state index contributed by atoms with van der Waals surface area (Å²) in [5.74, 6) is 0. The second-order valence-corrected chi connectivity index (χ2v) is 5.70. The van der Waals surface area contributed by atoms with Crippen LogP contribution in [0.3, 0.4) is 0 Å². The van der Waals surface area contributed by atoms with Gasteiger partial charge in [0, 0.05) is 19.1 Å². The lowest BCUT2D eigenvalue weighted by Gasteiger charge is -2.27. The van der Waals surface area contributed by atoms with Gasteiger partial charge in [-0.15, -0.1) is 0 Å². The van der Waals surface area contributed by atoms with Crippen molar-refractivity contribution in [3.05, 3.63) is 0 Å². The molecule has 0 saturated carbocycles. The maximum Gasteiger partial charge on any atom is 0.0706 e. The van der Waals surface area contributed by atoms with Crippen LogP contribution in [0.15, 0.2) is 0 Å². The van der Waals surface area contributed by atoms with E-state index in [9.17, 15) is 0 Å². The smallest absolute Gasteiger partial charge is 0.0706 e. The fraction of sp³-hybridized carbons (Fsp3) is 1.00. The molecule has 0 aromatic rings. The van der Waals surface area contributed by atoms with E-state index in [-0.39, 0.29) is 0 Å². The van der Waals surface area contributed by atoms with Crippen molar-refractivity contribution in [1.82, 2.24) is 10.2 Å². The topological polar surface area (TPSA) is 24.5 Å². The van der Waals surface area contributed by atoms with Gasteiger partial charge in [-0.2, -0.15) is 0 Å². The Kier molecular flexibility index (Phi) is 5.26. The molecule has 3 atom stereocenters. The Morgan fingerprint density at radius 3 is 2.71 bits per heavy atom. The molecule has 2 heterocycles. The Labute approximate surface area is 106 Å². The van der Waals surface area contributed by atoms with Crippen LogP contribution in [0.2, 0.25) is 0 Å². The van der Waals surface area contributed by atoms with Crippen LogP contribution in [0.4, 0.5) is 0 Å². The molecule has 0 aromatic heterocycles. The molecule has 0 radical (unpaired) electrons. The van der Waals surface area contributed by atoms with Gasteiger partial charge >= 0.3 is 0 Å². The van der Waals surface area contributed by atoms with E-state index < -0.39 is 0 Å². The highest BCUT2D eigenvalue weighted by atomic mass is 16.5. The highest BCUT2D eigenvalue weighted by Gasteiger charge is 2.25. The summed E-state index contributed by atoms with van der Waals surface area (Å²) in [6.07, 6.45) is 7.40. The van der Waals surface area contributed by atoms with E-state index in [1.165, 1.54) is 51.7 Å². The molecule has 3 unspecified atom stereocenters. The van der Waals surface area contributed by atoms with Gasteiger partial charge in [0.05, 0.1) is 12.2 Å². The lowest BCUT2D eigenvalue weighted by atomic mass is 10.1. The summed E-state index contributed by atoms with van der Waals surface area (Å²) in [4.78, 5) is 2.60. The third-order valence-electron chi connectivity index (χ3n) is 3.96. The van der Waals surface area contributed by atoms with Gasteiger partial charge in [0.2, 0.25) is 0 Å². The first-order valence-electron chi connectivity index (χ1n) is 7.39. The van der Waals surface area contributed by atoms with Gasteiger partial charge in [0.15, 0.2) is 0 Å². The molecule has 2 rings (SSSR count). The van der Waals surface area contributed by atoms with E-state index in [4.69, 9.17) is 4.74 Å². The highest BCUT2D eigenvalue weighted by Crippen LogP contribution is 2.20. The molecule has 3 nitrogen and oxygen atoms in total. The highest BCUT2D eigenvalue weighted by molar-refractivity contribution is 4.80. The van der Waals surface area contributed by atoms with Crippen LogP contribution >= 0.6 is 0 Å². The van der Waals surface area contributed by atoms with Gasteiger partial charge in [-0.05, 0) is 52.1 Å². The molecule has 0 bridgehead atoms. The third kappa shape index (κ3) is 4.23. The number of nitrogens with zero attached hydrogens (tertiary/aromatic N) is 1. The zero-order valence-corrected chi connectivity index (χ0v) is 11.5. The fourth-order valence-corrected chi connectivity index (χ4v) is 3.11. The van der Waals surface area contributed by atoms with Crippen molar-refractivity contribution < 1.29 is 4.74 Å². The second kappa shape index (κ2) is 6.72. The molecule has 0 aliphatic carbocycles. The molecule has 0 amide bonds. The average molecular weight is 240 g/mol. The van der Waals surface area contributed by atoms with Gasteiger partial charge in [-0.25, -0.2) is 0 Å². The summed E-state index contributed by atoms with van der Waals surface area (Å²) >= 11 is 0. The predicted octanol–water partition coefficient (Wildman–Crippen LogP) is 2.02. The Hall–Kier alpha value is -0.120. The van der Waals surface area contributed by atoms with Crippen LogP contribution in [0.5, 0.6) is 0 Å². The van der Waals surface area contributed by atoms with Crippen molar-refractivity contribution in [2.45, 2.75) is 64.2 Å². The number of hydrogen-bond acceptors (Lipinski definition) is 3. The summed E-state index contributed by atoms with van der Waals surface area (Å²) < 4.78 is 5.94. The molecule has 100 valence electrons. The van der Waals surface area contributed by atoms with Gasteiger partial charge in [-0.3, -0.25) is 4.90 Å². The van der Waals surface area contributed by atoms with Crippen LogP contribution in [0.1, 0.15) is 46.0 Å². The Bertz CT molecular complexity index is 216. The van der Waals surface area contributed by atoms with Crippen molar-refractivity contribution in [3.8, 4) is 0 Å². The summed E-state index contributed by atoms with van der Waals surface area (Å²) in [5.41, 5.74) is 0. The zero-order valence-electron chi connectivity index (χ0n) is 11.5. The maximum atomic E-state index is 5.94. The van der Waals surface area contributed by atoms with E-state index in [2.05, 4.69) is 24.1 Å². The maximum absolute atomic E-state index is 5.94. The third-order valence-corrected chi connectivity index (χ3v) is 3.96. The Balaban J connectivity index is 1.75. The molecule has 3 heteroatoms. The molecule has 1 N–H and O–H groups in total. The number of ether oxygens (including phenoxy) is 1. The standard InChI is InChI=1S/C14H28N2O/c1-3-9-16(10-13-5-4-8-15-13)11-14-7-6-12(2)17-14/h12-15H,3-11H2,1-2H3. The molecule has 2 aliphatic heterocycles. The van der Waals surface area contributed by atoms with Gasteiger partial charge in [0.1, 0.15) is 0 Å². The first-order valence-corrected chi connectivity index (χ1v) is 7.39. The van der Waals surface area contributed by atoms with Crippen LogP contribution in [-0.2, 0) is 4.74 Å². The number of nitrogens with one attached hydrogen (secondary N) is 1. The minimum absolute atomic E-state index is 0.480. The molecule has 0 aromatic carbocycles. The summed E-state index contributed by atoms with van der Waals surface area (Å²) in [6, 6.07) is 0.723. The van der Waals surface area contributed by atoms with Crippen molar-refractivity contribution in [2.24, 2.45) is 0 Å². The molecule has 17 heavy (non-hydrogen) atoms. The van der Waals surface area contributed by atoms with Crippen LogP contribution in [-0.4, -0.2) is 49.3 Å². The zero-order chi connectivity index (χ0) is 12.1. The number of hydrogen-bond donors (Lipinski definition) is 1. The summed E-state index contributed by atoms with van der Waals surface area (Å²) in [6.45, 7) is 9.24. The molecular weight excluding hydrogens is 212 g/mol. The van der Waals surface area contributed by atoms with Gasteiger partial charge in [0.25, 0.3) is 0 Å². The average Bonchev–Trinajstić information content (AvgIpc) is 2.91. The van der Waals surface area contributed by atoms with Crippen molar-refractivity contribution in [1.29, 1.82) is 0 Å². The van der Waals surface area contributed by atoms with Gasteiger partial charge < -0.3 is 10.1 Å². The monoisotopic (exact) mass is 240 g/mol. The van der Waals surface area contributed by atoms with Crippen molar-refractivity contribution >= 4 is 0 Å². The van der Waals surface area contributed by atoms with E-state index in [0.29, 0.717) is 12.2 Å². The molecule has 2 aliphatic rings. The SMILES string of the molecule is CCCN(CC1CCCN1)CC1CCC(C)O1. The molecule has 0 spiro atoms. The first-order chi connectivity index (χ1) is 8.28. The van der Waals surface area contributed by atoms with E-state index in [1.807, 2.05) is 0 Å². The van der Waals surface area contributed by atoms with E-state index in [1.54, 1.807) is 0 Å². The lowest BCUT2D eigenvalue weighted by Crippen LogP contribution is -2.41. The van der Waals surface area contributed by atoms with Crippen molar-refractivity contribution in [2.75, 3.05) is 26.2 Å². The molecule has 2 fully saturated rings. The largest absolute Gasteiger partial charge is 0.374 e. The normalized spacial score (nSPS) is 33.7. The number of rotatable bonds is 6. The lowest BCUT2D eigenvalue weighted by molar-refractivity contribution is 0.0299. The van der Waals surface area contributed by atoms with E-state index in [0.717, 1.165) is 12.6 Å².